The van der Waals surface area contributed by atoms with E-state index in [1.54, 1.807) is 24.3 Å². The largest absolute Gasteiger partial charge is 0.495 e. The normalized spacial score (nSPS) is 13.4. The molecule has 0 atom stereocenters. The van der Waals surface area contributed by atoms with Gasteiger partial charge in [0.15, 0.2) is 0 Å². The van der Waals surface area contributed by atoms with Gasteiger partial charge < -0.3 is 20.3 Å². The molecule has 2 N–H and O–H groups in total. The number of nitrogens with one attached hydrogen (secondary N) is 2. The average molecular weight is 355 g/mol. The van der Waals surface area contributed by atoms with Crippen molar-refractivity contribution in [2.45, 2.75) is 19.8 Å². The molecule has 1 aliphatic rings. The molecule has 0 spiro atoms. The van der Waals surface area contributed by atoms with Gasteiger partial charge in [-0.3, -0.25) is 9.59 Å². The SMILES string of the molecule is COc1ccc(NC(C)=O)cc1NC(=O)c1cc(N2CCCC2)ncn1. The van der Waals surface area contributed by atoms with Crippen LogP contribution < -0.4 is 20.3 Å². The van der Waals surface area contributed by atoms with E-state index in [4.69, 9.17) is 4.74 Å². The number of carbonyl (C=O) groups is 2. The smallest absolute Gasteiger partial charge is 0.274 e. The van der Waals surface area contributed by atoms with Crippen LogP contribution in [0.1, 0.15) is 30.3 Å². The minimum absolute atomic E-state index is 0.196. The van der Waals surface area contributed by atoms with Crippen molar-refractivity contribution in [2.75, 3.05) is 35.7 Å². The number of amides is 2. The number of methoxy groups -OCH3 is 1. The Bertz CT molecular complexity index is 818. The standard InChI is InChI=1S/C18H21N5O3/c1-12(24)21-13-5-6-16(26-2)14(9-13)22-18(25)15-10-17(20-11-19-15)23-7-3-4-8-23/h5-6,9-11H,3-4,7-8H2,1-2H3,(H,21,24)(H,22,25). The maximum atomic E-state index is 12.6. The Morgan fingerprint density at radius 1 is 1.12 bits per heavy atom. The molecule has 3 rings (SSSR count). The highest BCUT2D eigenvalue weighted by Crippen LogP contribution is 2.28. The van der Waals surface area contributed by atoms with Crippen molar-refractivity contribution in [2.24, 2.45) is 0 Å². The monoisotopic (exact) mass is 355 g/mol. The number of benzene rings is 1. The lowest BCUT2D eigenvalue weighted by Crippen LogP contribution is -2.21. The van der Waals surface area contributed by atoms with Gasteiger partial charge in [-0.05, 0) is 31.0 Å². The van der Waals surface area contributed by atoms with Gasteiger partial charge in [-0.25, -0.2) is 9.97 Å². The van der Waals surface area contributed by atoms with E-state index in [0.717, 1.165) is 31.7 Å². The van der Waals surface area contributed by atoms with Gasteiger partial charge in [-0.2, -0.15) is 0 Å². The minimum Gasteiger partial charge on any atom is -0.495 e. The third-order valence-corrected chi connectivity index (χ3v) is 4.08. The highest BCUT2D eigenvalue weighted by Gasteiger charge is 2.17. The minimum atomic E-state index is -0.369. The van der Waals surface area contributed by atoms with Crippen LogP contribution in [0.4, 0.5) is 17.2 Å². The molecule has 26 heavy (non-hydrogen) atoms. The van der Waals surface area contributed by atoms with Gasteiger partial charge in [0.2, 0.25) is 5.91 Å². The Labute approximate surface area is 151 Å². The van der Waals surface area contributed by atoms with Gasteiger partial charge in [-0.1, -0.05) is 0 Å². The zero-order valence-electron chi connectivity index (χ0n) is 14.8. The summed E-state index contributed by atoms with van der Waals surface area (Å²) in [4.78, 5) is 34.3. The molecular weight excluding hydrogens is 334 g/mol. The predicted octanol–water partition coefficient (Wildman–Crippen LogP) is 2.30. The topological polar surface area (TPSA) is 96.5 Å². The molecule has 0 saturated carbocycles. The fourth-order valence-electron chi connectivity index (χ4n) is 2.86. The Kier molecular flexibility index (Phi) is 5.31. The van der Waals surface area contributed by atoms with Crippen LogP contribution in [0.5, 0.6) is 5.75 Å². The quantitative estimate of drug-likeness (QED) is 0.854. The van der Waals surface area contributed by atoms with Crippen LogP contribution in [-0.2, 0) is 4.79 Å². The molecule has 1 aromatic carbocycles. The van der Waals surface area contributed by atoms with Gasteiger partial charge in [-0.15, -0.1) is 0 Å². The molecule has 0 aliphatic carbocycles. The summed E-state index contributed by atoms with van der Waals surface area (Å²) >= 11 is 0. The van der Waals surface area contributed by atoms with Crippen LogP contribution in [0.15, 0.2) is 30.6 Å². The van der Waals surface area contributed by atoms with E-state index >= 15 is 0 Å². The van der Waals surface area contributed by atoms with E-state index in [1.165, 1.54) is 20.4 Å². The summed E-state index contributed by atoms with van der Waals surface area (Å²) in [6.07, 6.45) is 3.64. The molecule has 1 aliphatic heterocycles. The van der Waals surface area contributed by atoms with E-state index in [0.29, 0.717) is 17.1 Å². The summed E-state index contributed by atoms with van der Waals surface area (Å²) in [5, 5.41) is 5.46. The van der Waals surface area contributed by atoms with Crippen LogP contribution in [-0.4, -0.2) is 42.0 Å². The van der Waals surface area contributed by atoms with Gasteiger partial charge in [0, 0.05) is 31.8 Å². The number of aromatic nitrogens is 2. The molecule has 2 heterocycles. The lowest BCUT2D eigenvalue weighted by molar-refractivity contribution is -0.114. The van der Waals surface area contributed by atoms with E-state index in [9.17, 15) is 9.59 Å². The Balaban J connectivity index is 1.80. The molecule has 1 saturated heterocycles. The third-order valence-electron chi connectivity index (χ3n) is 4.08. The summed E-state index contributed by atoms with van der Waals surface area (Å²) in [6, 6.07) is 6.70. The Morgan fingerprint density at radius 2 is 1.88 bits per heavy atom. The van der Waals surface area contributed by atoms with E-state index in [2.05, 4.69) is 25.5 Å². The van der Waals surface area contributed by atoms with Crippen molar-refractivity contribution in [3.63, 3.8) is 0 Å². The molecule has 2 aromatic rings. The summed E-state index contributed by atoms with van der Waals surface area (Å²) in [5.41, 5.74) is 1.29. The number of ether oxygens (including phenoxy) is 1. The zero-order chi connectivity index (χ0) is 18.5. The molecule has 1 aromatic heterocycles. The van der Waals surface area contributed by atoms with Gasteiger partial charge in [0.25, 0.3) is 5.91 Å². The molecule has 0 unspecified atom stereocenters. The second kappa shape index (κ2) is 7.81. The lowest BCUT2D eigenvalue weighted by atomic mass is 10.2. The second-order valence-corrected chi connectivity index (χ2v) is 6.01. The van der Waals surface area contributed by atoms with Crippen molar-refractivity contribution < 1.29 is 14.3 Å². The second-order valence-electron chi connectivity index (χ2n) is 6.01. The van der Waals surface area contributed by atoms with Crippen molar-refractivity contribution in [3.8, 4) is 5.75 Å². The van der Waals surface area contributed by atoms with E-state index in [1.807, 2.05) is 0 Å². The van der Waals surface area contributed by atoms with Gasteiger partial charge in [0.05, 0.1) is 12.8 Å². The maximum Gasteiger partial charge on any atom is 0.274 e. The molecule has 136 valence electrons. The molecule has 2 amide bonds. The molecule has 1 fully saturated rings. The molecule has 8 heteroatoms. The number of nitrogens with zero attached hydrogens (tertiary/aromatic N) is 3. The number of hydrogen-bond donors (Lipinski definition) is 2. The average Bonchev–Trinajstić information content (AvgIpc) is 3.16. The van der Waals surface area contributed by atoms with Crippen LogP contribution in [0.25, 0.3) is 0 Å². The first-order chi connectivity index (χ1) is 12.6. The number of carbonyl (C=O) groups excluding carboxylic acids is 2. The highest BCUT2D eigenvalue weighted by molar-refractivity contribution is 6.04. The molecule has 8 nitrogen and oxygen atoms in total. The molecular formula is C18H21N5O3. The predicted molar refractivity (Wildman–Crippen MR) is 98.7 cm³/mol. The fourth-order valence-corrected chi connectivity index (χ4v) is 2.86. The Hall–Kier alpha value is -3.16. The van der Waals surface area contributed by atoms with Crippen LogP contribution in [0.2, 0.25) is 0 Å². The number of hydrogen-bond acceptors (Lipinski definition) is 6. The van der Waals surface area contributed by atoms with Crippen LogP contribution in [0, 0.1) is 0 Å². The van der Waals surface area contributed by atoms with Crippen molar-refractivity contribution in [1.82, 2.24) is 9.97 Å². The van der Waals surface area contributed by atoms with E-state index < -0.39 is 0 Å². The summed E-state index contributed by atoms with van der Waals surface area (Å²) in [5.74, 6) is 0.674. The first kappa shape index (κ1) is 17.7. The highest BCUT2D eigenvalue weighted by atomic mass is 16.5. The van der Waals surface area contributed by atoms with Crippen molar-refractivity contribution >= 4 is 29.0 Å². The summed E-state index contributed by atoms with van der Waals surface area (Å²) < 4.78 is 5.28. The van der Waals surface area contributed by atoms with Crippen molar-refractivity contribution in [1.29, 1.82) is 0 Å². The van der Waals surface area contributed by atoms with Crippen LogP contribution in [0.3, 0.4) is 0 Å². The van der Waals surface area contributed by atoms with Crippen molar-refractivity contribution in [3.05, 3.63) is 36.3 Å². The van der Waals surface area contributed by atoms with Gasteiger partial charge in [0.1, 0.15) is 23.6 Å². The zero-order valence-corrected chi connectivity index (χ0v) is 14.8. The van der Waals surface area contributed by atoms with E-state index in [-0.39, 0.29) is 17.5 Å². The first-order valence-corrected chi connectivity index (χ1v) is 8.41. The maximum absolute atomic E-state index is 12.6. The molecule has 0 radical (unpaired) electrons. The summed E-state index contributed by atoms with van der Waals surface area (Å²) in [6.45, 7) is 3.29. The fraction of sp³-hybridized carbons (Fsp3) is 0.333. The number of rotatable bonds is 5. The molecule has 0 bridgehead atoms. The lowest BCUT2D eigenvalue weighted by Gasteiger charge is -2.16. The van der Waals surface area contributed by atoms with Crippen LogP contribution >= 0.6 is 0 Å². The van der Waals surface area contributed by atoms with Gasteiger partial charge >= 0.3 is 0 Å². The number of anilines is 3. The third kappa shape index (κ3) is 4.08. The Morgan fingerprint density at radius 3 is 2.58 bits per heavy atom. The first-order valence-electron chi connectivity index (χ1n) is 8.41. The summed E-state index contributed by atoms with van der Waals surface area (Å²) in [7, 11) is 1.51.